The Balaban J connectivity index is 1.57. The minimum absolute atomic E-state index is 0.0124. The molecule has 0 radical (unpaired) electrons. The van der Waals surface area contributed by atoms with Crippen LogP contribution < -0.4 is 0 Å². The van der Waals surface area contributed by atoms with Gasteiger partial charge in [0.1, 0.15) is 11.6 Å². The van der Waals surface area contributed by atoms with Crippen molar-refractivity contribution in [3.05, 3.63) is 143 Å². The molecule has 282 valence electrons. The van der Waals surface area contributed by atoms with Crippen LogP contribution in [0, 0.1) is 11.3 Å². The molecule has 56 heavy (non-hydrogen) atoms. The largest absolute Gasteiger partial charge is 0.308 e. The molecule has 0 aliphatic rings. The molecule has 0 spiro atoms. The summed E-state index contributed by atoms with van der Waals surface area (Å²) in [6.07, 6.45) is 0. The van der Waals surface area contributed by atoms with Crippen molar-refractivity contribution in [1.29, 1.82) is 5.26 Å². The average Bonchev–Trinajstić information content (AvgIpc) is 3.64. The van der Waals surface area contributed by atoms with Crippen LogP contribution in [0.1, 0.15) is 111 Å². The zero-order valence-electron chi connectivity index (χ0n) is 35.3. The van der Waals surface area contributed by atoms with E-state index in [1.54, 1.807) is 0 Å². The summed E-state index contributed by atoms with van der Waals surface area (Å²) in [5.74, 6) is 0. The van der Waals surface area contributed by atoms with Gasteiger partial charge in [0.05, 0.1) is 33.4 Å². The molecule has 3 heteroatoms. The zero-order valence-corrected chi connectivity index (χ0v) is 35.3. The number of rotatable bonds is 3. The lowest BCUT2D eigenvalue weighted by molar-refractivity contribution is 0.590. The molecule has 2 heterocycles. The van der Waals surface area contributed by atoms with Crippen molar-refractivity contribution >= 4 is 43.6 Å². The van der Waals surface area contributed by atoms with Crippen LogP contribution >= 0.6 is 0 Å². The molecule has 0 atom stereocenters. The average molecular weight is 734 g/mol. The standard InChI is InChI=1S/C53H55N3/c1-50(2,3)35-20-24-44-41(28-35)39-22-18-37(52(7,8)9)30-48(39)55(44)46-26-34(33-16-14-13-15-17-33)27-47(43(46)32-54)56-45-25-21-36(51(4,5)6)29-42(45)40-23-19-38(31-49(40)56)53(10,11)12/h13-31H,1-12H3. The molecule has 0 N–H and O–H groups in total. The Hall–Kier alpha value is -5.59. The number of nitriles is 1. The van der Waals surface area contributed by atoms with E-state index in [9.17, 15) is 5.26 Å². The summed E-state index contributed by atoms with van der Waals surface area (Å²) in [6, 6.07) is 45.6. The molecule has 0 aliphatic heterocycles. The molecule has 0 unspecified atom stereocenters. The third-order valence-electron chi connectivity index (χ3n) is 11.8. The Kier molecular flexibility index (Phi) is 8.48. The van der Waals surface area contributed by atoms with Crippen molar-refractivity contribution < 1.29 is 0 Å². The van der Waals surface area contributed by atoms with Crippen molar-refractivity contribution in [3.8, 4) is 28.6 Å². The Morgan fingerprint density at radius 3 is 1.12 bits per heavy atom. The molecule has 0 saturated heterocycles. The normalized spacial score (nSPS) is 13.0. The van der Waals surface area contributed by atoms with Gasteiger partial charge in [0.2, 0.25) is 0 Å². The Morgan fingerprint density at radius 1 is 0.375 bits per heavy atom. The highest BCUT2D eigenvalue weighted by Crippen LogP contribution is 2.43. The molecular weight excluding hydrogens is 679 g/mol. The first-order chi connectivity index (χ1) is 26.3. The van der Waals surface area contributed by atoms with Crippen LogP contribution in [0.25, 0.3) is 66.1 Å². The summed E-state index contributed by atoms with van der Waals surface area (Å²) in [5, 5.41) is 16.3. The minimum Gasteiger partial charge on any atom is -0.308 e. The second-order valence-electron chi connectivity index (χ2n) is 20.0. The number of fused-ring (bicyclic) bond motifs is 6. The van der Waals surface area contributed by atoms with Crippen LogP contribution in [0.5, 0.6) is 0 Å². The zero-order chi connectivity index (χ0) is 40.1. The lowest BCUT2D eigenvalue weighted by Crippen LogP contribution is -2.11. The Morgan fingerprint density at radius 2 is 0.750 bits per heavy atom. The predicted molar refractivity (Wildman–Crippen MR) is 240 cm³/mol. The van der Waals surface area contributed by atoms with Gasteiger partial charge < -0.3 is 9.13 Å². The first kappa shape index (κ1) is 37.3. The van der Waals surface area contributed by atoms with Gasteiger partial charge in [0.15, 0.2) is 0 Å². The maximum absolute atomic E-state index is 11.5. The fourth-order valence-electron chi connectivity index (χ4n) is 8.30. The SMILES string of the molecule is CC(C)(C)c1ccc2c(c1)c1ccc(C(C)(C)C)cc1n2-c1cc(-c2ccccc2)cc(-n2c3ccc(C(C)(C)C)cc3c3ccc(C(C)(C)C)cc32)c1C#N. The fraction of sp³-hybridized carbons (Fsp3) is 0.302. The molecule has 3 nitrogen and oxygen atoms in total. The molecule has 2 aromatic heterocycles. The Labute approximate surface area is 333 Å². The van der Waals surface area contributed by atoms with E-state index in [2.05, 4.69) is 214 Å². The van der Waals surface area contributed by atoms with E-state index in [4.69, 9.17) is 0 Å². The number of hydrogen-bond donors (Lipinski definition) is 0. The number of hydrogen-bond acceptors (Lipinski definition) is 1. The molecule has 8 aromatic rings. The Bertz CT molecular complexity index is 2710. The summed E-state index contributed by atoms with van der Waals surface area (Å²) in [4.78, 5) is 0. The summed E-state index contributed by atoms with van der Waals surface area (Å²) < 4.78 is 4.74. The molecule has 0 fully saturated rings. The molecule has 0 aliphatic carbocycles. The second-order valence-corrected chi connectivity index (χ2v) is 20.0. The van der Waals surface area contributed by atoms with E-state index in [0.29, 0.717) is 5.56 Å². The van der Waals surface area contributed by atoms with Crippen LogP contribution in [-0.2, 0) is 21.7 Å². The molecule has 8 rings (SSSR count). The first-order valence-electron chi connectivity index (χ1n) is 20.1. The van der Waals surface area contributed by atoms with Crippen molar-refractivity contribution in [3.63, 3.8) is 0 Å². The van der Waals surface area contributed by atoms with E-state index in [0.717, 1.165) is 44.6 Å². The quantitative estimate of drug-likeness (QED) is 0.178. The van der Waals surface area contributed by atoms with E-state index < -0.39 is 0 Å². The van der Waals surface area contributed by atoms with Gasteiger partial charge in [-0.15, -0.1) is 0 Å². The van der Waals surface area contributed by atoms with Gasteiger partial charge in [-0.25, -0.2) is 0 Å². The maximum atomic E-state index is 11.5. The number of benzene rings is 6. The van der Waals surface area contributed by atoms with Gasteiger partial charge in [0.25, 0.3) is 0 Å². The van der Waals surface area contributed by atoms with E-state index in [-0.39, 0.29) is 21.7 Å². The van der Waals surface area contributed by atoms with E-state index >= 15 is 0 Å². The topological polar surface area (TPSA) is 33.6 Å². The van der Waals surface area contributed by atoms with Gasteiger partial charge in [0, 0.05) is 21.5 Å². The summed E-state index contributed by atoms with van der Waals surface area (Å²) in [6.45, 7) is 27.3. The minimum atomic E-state index is -0.0548. The summed E-state index contributed by atoms with van der Waals surface area (Å²) >= 11 is 0. The number of aromatic nitrogens is 2. The summed E-state index contributed by atoms with van der Waals surface area (Å²) in [5.41, 5.74) is 14.0. The third-order valence-corrected chi connectivity index (χ3v) is 11.8. The lowest BCUT2D eigenvalue weighted by atomic mass is 9.85. The van der Waals surface area contributed by atoms with Gasteiger partial charge in [-0.2, -0.15) is 5.26 Å². The fourth-order valence-corrected chi connectivity index (χ4v) is 8.30. The van der Waals surface area contributed by atoms with Crippen LogP contribution in [-0.4, -0.2) is 9.13 Å². The van der Waals surface area contributed by atoms with Crippen LogP contribution in [0.2, 0.25) is 0 Å². The molecule has 0 bridgehead atoms. The first-order valence-corrected chi connectivity index (χ1v) is 20.1. The highest BCUT2D eigenvalue weighted by Gasteiger charge is 2.26. The number of nitrogens with zero attached hydrogens (tertiary/aromatic N) is 3. The maximum Gasteiger partial charge on any atom is 0.104 e. The lowest BCUT2D eigenvalue weighted by Gasteiger charge is -2.22. The van der Waals surface area contributed by atoms with Gasteiger partial charge in [-0.05, 0) is 104 Å². The predicted octanol–water partition coefficient (Wildman–Crippen LogP) is 14.6. The van der Waals surface area contributed by atoms with Crippen molar-refractivity contribution in [2.24, 2.45) is 0 Å². The molecular formula is C53H55N3. The second kappa shape index (κ2) is 12.7. The van der Waals surface area contributed by atoms with Crippen LogP contribution in [0.3, 0.4) is 0 Å². The highest BCUT2D eigenvalue weighted by molar-refractivity contribution is 6.12. The van der Waals surface area contributed by atoms with Gasteiger partial charge in [-0.3, -0.25) is 0 Å². The highest BCUT2D eigenvalue weighted by atomic mass is 15.0. The van der Waals surface area contributed by atoms with Crippen LogP contribution in [0.4, 0.5) is 0 Å². The van der Waals surface area contributed by atoms with Crippen molar-refractivity contribution in [2.75, 3.05) is 0 Å². The van der Waals surface area contributed by atoms with E-state index in [1.807, 2.05) is 0 Å². The van der Waals surface area contributed by atoms with Crippen molar-refractivity contribution in [2.45, 2.75) is 105 Å². The third kappa shape index (κ3) is 6.21. The van der Waals surface area contributed by atoms with Crippen molar-refractivity contribution in [1.82, 2.24) is 9.13 Å². The smallest absolute Gasteiger partial charge is 0.104 e. The molecule has 6 aromatic carbocycles. The van der Waals surface area contributed by atoms with Crippen LogP contribution in [0.15, 0.2) is 115 Å². The molecule has 0 saturated carbocycles. The van der Waals surface area contributed by atoms with E-state index in [1.165, 1.54) is 43.8 Å². The molecule has 0 amide bonds. The monoisotopic (exact) mass is 733 g/mol. The summed E-state index contributed by atoms with van der Waals surface area (Å²) in [7, 11) is 0. The van der Waals surface area contributed by atoms with Gasteiger partial charge >= 0.3 is 0 Å². The van der Waals surface area contributed by atoms with Gasteiger partial charge in [-0.1, -0.05) is 150 Å².